The summed E-state index contributed by atoms with van der Waals surface area (Å²) in [6.45, 7) is 0.350. The van der Waals surface area contributed by atoms with Gasteiger partial charge in [0, 0.05) is 30.2 Å². The summed E-state index contributed by atoms with van der Waals surface area (Å²) in [5.41, 5.74) is 7.28. The molecule has 7 heteroatoms. The van der Waals surface area contributed by atoms with Crippen LogP contribution in [0.5, 0.6) is 0 Å². The Morgan fingerprint density at radius 2 is 1.77 bits per heavy atom. The fourth-order valence-electron chi connectivity index (χ4n) is 2.27. The molecule has 0 aliphatic heterocycles. The van der Waals surface area contributed by atoms with Crippen molar-refractivity contribution in [2.75, 3.05) is 0 Å². The van der Waals surface area contributed by atoms with E-state index < -0.39 is 5.97 Å². The largest absolute Gasteiger partial charge is 0.380 e. The molecule has 0 fully saturated rings. The number of hydrogen-bond acceptors (Lipinski definition) is 5. The molecule has 0 aliphatic carbocycles. The van der Waals surface area contributed by atoms with Crippen molar-refractivity contribution >= 4 is 11.8 Å². The Kier molecular flexibility index (Phi) is 5.19. The van der Waals surface area contributed by atoms with Crippen LogP contribution in [0.2, 0.25) is 0 Å². The van der Waals surface area contributed by atoms with Crippen LogP contribution < -0.4 is 11.3 Å². The van der Waals surface area contributed by atoms with E-state index in [1.165, 1.54) is 22.9 Å². The Labute approximate surface area is 149 Å². The minimum atomic E-state index is -0.705. The van der Waals surface area contributed by atoms with Crippen LogP contribution in [-0.4, -0.2) is 21.4 Å². The summed E-state index contributed by atoms with van der Waals surface area (Å²) >= 11 is 0. The second-order valence-electron chi connectivity index (χ2n) is 5.46. The average Bonchev–Trinajstić information content (AvgIpc) is 2.69. The third-order valence-corrected chi connectivity index (χ3v) is 3.62. The van der Waals surface area contributed by atoms with Crippen LogP contribution in [0.15, 0.2) is 83.1 Å². The number of oxime groups is 1. The van der Waals surface area contributed by atoms with Gasteiger partial charge in [0.05, 0.1) is 12.1 Å². The number of pyridine rings is 2. The molecular weight excluding hydrogens is 332 g/mol. The summed E-state index contributed by atoms with van der Waals surface area (Å²) in [6, 6.07) is 15.5. The van der Waals surface area contributed by atoms with E-state index in [1.54, 1.807) is 24.5 Å². The van der Waals surface area contributed by atoms with E-state index in [4.69, 9.17) is 10.6 Å². The molecule has 2 N–H and O–H groups in total. The maximum atomic E-state index is 12.2. The smallest absolute Gasteiger partial charge is 0.367 e. The van der Waals surface area contributed by atoms with Gasteiger partial charge in [0.25, 0.3) is 5.56 Å². The van der Waals surface area contributed by atoms with Gasteiger partial charge in [0.15, 0.2) is 5.84 Å². The summed E-state index contributed by atoms with van der Waals surface area (Å²) in [5, 5.41) is 3.64. The third kappa shape index (κ3) is 4.21. The fourth-order valence-corrected chi connectivity index (χ4v) is 2.27. The number of nitrogens with zero attached hydrogens (tertiary/aromatic N) is 3. The van der Waals surface area contributed by atoms with Crippen molar-refractivity contribution in [2.24, 2.45) is 10.9 Å². The van der Waals surface area contributed by atoms with Crippen molar-refractivity contribution in [3.8, 4) is 0 Å². The summed E-state index contributed by atoms with van der Waals surface area (Å²) in [4.78, 5) is 32.9. The van der Waals surface area contributed by atoms with Crippen LogP contribution in [0.1, 0.15) is 21.5 Å². The van der Waals surface area contributed by atoms with Crippen molar-refractivity contribution in [1.82, 2.24) is 9.55 Å². The highest BCUT2D eigenvalue weighted by molar-refractivity contribution is 5.97. The number of carbonyl (C=O) groups is 1. The van der Waals surface area contributed by atoms with Gasteiger partial charge in [0.2, 0.25) is 0 Å². The topological polar surface area (TPSA) is 99.6 Å². The van der Waals surface area contributed by atoms with Crippen molar-refractivity contribution in [3.05, 3.63) is 100 Å². The Balaban J connectivity index is 1.76. The number of aromatic nitrogens is 2. The predicted octanol–water partition coefficient (Wildman–Crippen LogP) is 1.77. The Hall–Kier alpha value is -3.74. The van der Waals surface area contributed by atoms with Gasteiger partial charge < -0.3 is 15.1 Å². The molecule has 0 aliphatic rings. The van der Waals surface area contributed by atoms with E-state index in [9.17, 15) is 9.59 Å². The molecule has 26 heavy (non-hydrogen) atoms. The SMILES string of the molecule is N/C(=N\OC(=O)c1ccc(=O)n(Cc2ccccc2)c1)c1ccncc1. The van der Waals surface area contributed by atoms with E-state index in [0.29, 0.717) is 12.1 Å². The number of hydrogen-bond donors (Lipinski definition) is 1. The van der Waals surface area contributed by atoms with Gasteiger partial charge in [-0.15, -0.1) is 0 Å². The lowest BCUT2D eigenvalue weighted by molar-refractivity contribution is 0.0515. The second kappa shape index (κ2) is 7.89. The van der Waals surface area contributed by atoms with E-state index in [2.05, 4.69) is 10.1 Å². The van der Waals surface area contributed by atoms with Gasteiger partial charge in [-0.05, 0) is 23.8 Å². The molecule has 7 nitrogen and oxygen atoms in total. The highest BCUT2D eigenvalue weighted by Gasteiger charge is 2.10. The first-order chi connectivity index (χ1) is 12.6. The minimum Gasteiger partial charge on any atom is -0.380 e. The summed E-state index contributed by atoms with van der Waals surface area (Å²) in [6.07, 6.45) is 4.55. The Morgan fingerprint density at radius 3 is 2.50 bits per heavy atom. The fraction of sp³-hybridized carbons (Fsp3) is 0.0526. The summed E-state index contributed by atoms with van der Waals surface area (Å²) < 4.78 is 1.43. The zero-order chi connectivity index (χ0) is 18.4. The number of amidine groups is 1. The van der Waals surface area contributed by atoms with Crippen LogP contribution in [0.4, 0.5) is 0 Å². The Morgan fingerprint density at radius 1 is 1.04 bits per heavy atom. The normalized spacial score (nSPS) is 11.2. The van der Waals surface area contributed by atoms with E-state index in [-0.39, 0.29) is 17.0 Å². The predicted molar refractivity (Wildman–Crippen MR) is 96.6 cm³/mol. The first kappa shape index (κ1) is 17.1. The van der Waals surface area contributed by atoms with Gasteiger partial charge in [-0.25, -0.2) is 4.79 Å². The van der Waals surface area contributed by atoms with E-state index >= 15 is 0 Å². The zero-order valence-electron chi connectivity index (χ0n) is 13.8. The number of carbonyl (C=O) groups excluding carboxylic acids is 1. The molecule has 3 aromatic rings. The van der Waals surface area contributed by atoms with E-state index in [0.717, 1.165) is 5.56 Å². The first-order valence-electron chi connectivity index (χ1n) is 7.83. The molecule has 0 unspecified atom stereocenters. The lowest BCUT2D eigenvalue weighted by atomic mass is 10.2. The molecule has 0 spiro atoms. The molecule has 3 rings (SSSR count). The van der Waals surface area contributed by atoms with Gasteiger partial charge >= 0.3 is 5.97 Å². The molecule has 0 atom stereocenters. The van der Waals surface area contributed by atoms with Crippen LogP contribution in [0.3, 0.4) is 0 Å². The van der Waals surface area contributed by atoms with Crippen LogP contribution >= 0.6 is 0 Å². The van der Waals surface area contributed by atoms with Crippen LogP contribution in [0.25, 0.3) is 0 Å². The van der Waals surface area contributed by atoms with Gasteiger partial charge in [-0.1, -0.05) is 35.5 Å². The molecule has 1 aromatic carbocycles. The van der Waals surface area contributed by atoms with Gasteiger partial charge in [-0.2, -0.15) is 0 Å². The summed E-state index contributed by atoms with van der Waals surface area (Å²) in [7, 11) is 0. The maximum Gasteiger partial charge on any atom is 0.367 e. The molecular formula is C19H16N4O3. The molecule has 0 saturated heterocycles. The molecule has 0 bridgehead atoms. The highest BCUT2D eigenvalue weighted by Crippen LogP contribution is 2.05. The third-order valence-electron chi connectivity index (χ3n) is 3.62. The monoisotopic (exact) mass is 348 g/mol. The molecule has 2 aromatic heterocycles. The maximum absolute atomic E-state index is 12.2. The van der Waals surface area contributed by atoms with E-state index in [1.807, 2.05) is 30.3 Å². The van der Waals surface area contributed by atoms with Crippen molar-refractivity contribution in [1.29, 1.82) is 0 Å². The van der Waals surface area contributed by atoms with Gasteiger partial charge in [0.1, 0.15) is 0 Å². The zero-order valence-corrected chi connectivity index (χ0v) is 13.8. The van der Waals surface area contributed by atoms with Crippen LogP contribution in [-0.2, 0) is 11.4 Å². The van der Waals surface area contributed by atoms with Gasteiger partial charge in [-0.3, -0.25) is 9.78 Å². The first-order valence-corrected chi connectivity index (χ1v) is 7.83. The molecule has 2 heterocycles. The standard InChI is InChI=1S/C19H16N4O3/c20-18(15-8-10-21-11-9-15)22-26-19(25)16-6-7-17(24)23(13-16)12-14-4-2-1-3-5-14/h1-11,13H,12H2,(H2,20,22). The lowest BCUT2D eigenvalue weighted by Crippen LogP contribution is -2.21. The molecule has 130 valence electrons. The lowest BCUT2D eigenvalue weighted by Gasteiger charge is -2.07. The quantitative estimate of drug-likeness (QED) is 0.328. The number of benzene rings is 1. The van der Waals surface area contributed by atoms with Crippen molar-refractivity contribution in [2.45, 2.75) is 6.54 Å². The number of rotatable bonds is 5. The van der Waals surface area contributed by atoms with Crippen molar-refractivity contribution < 1.29 is 9.63 Å². The summed E-state index contributed by atoms with van der Waals surface area (Å²) in [5.74, 6) is -0.651. The second-order valence-corrected chi connectivity index (χ2v) is 5.46. The molecule has 0 amide bonds. The highest BCUT2D eigenvalue weighted by atomic mass is 16.7. The average molecular weight is 348 g/mol. The number of nitrogens with two attached hydrogens (primary N) is 1. The molecule has 0 saturated carbocycles. The minimum absolute atomic E-state index is 0.0540. The van der Waals surface area contributed by atoms with Crippen molar-refractivity contribution in [3.63, 3.8) is 0 Å². The van der Waals surface area contributed by atoms with Crippen LogP contribution in [0, 0.1) is 0 Å². The Bertz CT molecular complexity index is 982. The molecule has 0 radical (unpaired) electrons.